The number of aliphatic carboxylic acids is 1. The molecule has 0 bridgehead atoms. The first kappa shape index (κ1) is 16.2. The maximum atomic E-state index is 10.5. The van der Waals surface area contributed by atoms with Crippen LogP contribution in [0.25, 0.3) is 0 Å². The van der Waals surface area contributed by atoms with Gasteiger partial charge in [-0.25, -0.2) is 0 Å². The number of rotatable bonds is 4. The van der Waals surface area contributed by atoms with Crippen LogP contribution in [0.15, 0.2) is 12.2 Å². The van der Waals surface area contributed by atoms with E-state index in [1.807, 2.05) is 0 Å². The third kappa shape index (κ3) is 7.80. The molecule has 1 unspecified atom stereocenters. The van der Waals surface area contributed by atoms with E-state index in [1.54, 1.807) is 0 Å². The third-order valence-corrected chi connectivity index (χ3v) is 2.49. The van der Waals surface area contributed by atoms with Crippen LogP contribution in [0.1, 0.15) is 13.3 Å². The Morgan fingerprint density at radius 2 is 2.08 bits per heavy atom. The van der Waals surface area contributed by atoms with Crippen LogP contribution in [0.5, 0.6) is 0 Å². The number of hydrogen-bond acceptors (Lipinski definition) is 4. The molecule has 0 radical (unpaired) electrons. The van der Waals surface area contributed by atoms with E-state index in [2.05, 4.69) is 0 Å². The van der Waals surface area contributed by atoms with Crippen LogP contribution in [0, 0.1) is 0 Å². The number of carbonyl (C=O) groups is 1. The SMILES string of the molecule is CCC(/C=C/C(=O)[O-])S(=O)(=O)O.[K+]. The summed E-state index contributed by atoms with van der Waals surface area (Å²) in [7, 11) is -4.19. The van der Waals surface area contributed by atoms with Crippen molar-refractivity contribution in [2.45, 2.75) is 18.6 Å². The van der Waals surface area contributed by atoms with Gasteiger partial charge in [0.1, 0.15) is 5.25 Å². The molecule has 0 saturated carbocycles. The van der Waals surface area contributed by atoms with Gasteiger partial charge in [-0.15, -0.1) is 0 Å². The van der Waals surface area contributed by atoms with E-state index in [4.69, 9.17) is 4.55 Å². The van der Waals surface area contributed by atoms with Crippen molar-refractivity contribution < 1.29 is 74.3 Å². The van der Waals surface area contributed by atoms with Gasteiger partial charge in [-0.3, -0.25) is 4.55 Å². The first-order chi connectivity index (χ1) is 5.38. The van der Waals surface area contributed by atoms with Crippen LogP contribution in [0.2, 0.25) is 0 Å². The maximum absolute atomic E-state index is 10.5. The predicted octanol–water partition coefficient (Wildman–Crippen LogP) is -4.04. The molecule has 0 aliphatic rings. The Balaban J connectivity index is 0. The summed E-state index contributed by atoms with van der Waals surface area (Å²) in [5, 5.41) is 8.70. The van der Waals surface area contributed by atoms with E-state index in [1.165, 1.54) is 6.92 Å². The minimum atomic E-state index is -4.19. The van der Waals surface area contributed by atoms with Crippen LogP contribution >= 0.6 is 0 Å². The summed E-state index contributed by atoms with van der Waals surface area (Å²) in [6.07, 6.45) is 1.58. The molecule has 0 aromatic carbocycles. The molecule has 13 heavy (non-hydrogen) atoms. The van der Waals surface area contributed by atoms with E-state index in [0.29, 0.717) is 6.08 Å². The number of carboxylic acids is 1. The predicted molar refractivity (Wildman–Crippen MR) is 39.8 cm³/mol. The molecule has 1 N–H and O–H groups in total. The average molecular weight is 232 g/mol. The standard InChI is InChI=1S/C6H10O5S.K/c1-2-5(12(9,10)11)3-4-6(7)8;/h3-5H,2H2,1H3,(H,7,8)(H,9,10,11);/q;+1/p-1/b4-3+;. The Labute approximate surface area is 119 Å². The van der Waals surface area contributed by atoms with Crippen LogP contribution in [-0.4, -0.2) is 24.2 Å². The molecule has 70 valence electrons. The van der Waals surface area contributed by atoms with Gasteiger partial charge in [-0.05, 0) is 12.5 Å². The third-order valence-electron chi connectivity index (χ3n) is 1.23. The summed E-state index contributed by atoms with van der Waals surface area (Å²) in [5.74, 6) is -1.49. The molecule has 0 spiro atoms. The Morgan fingerprint density at radius 1 is 1.62 bits per heavy atom. The van der Waals surface area contributed by atoms with E-state index in [-0.39, 0.29) is 57.8 Å². The summed E-state index contributed by atoms with van der Waals surface area (Å²) in [6, 6.07) is 0. The molecule has 0 fully saturated rings. The van der Waals surface area contributed by atoms with Gasteiger partial charge in [-0.2, -0.15) is 8.42 Å². The molecule has 0 aromatic heterocycles. The van der Waals surface area contributed by atoms with Gasteiger partial charge in [0.15, 0.2) is 0 Å². The van der Waals surface area contributed by atoms with Crippen molar-refractivity contribution in [1.29, 1.82) is 0 Å². The van der Waals surface area contributed by atoms with Gasteiger partial charge in [0, 0.05) is 0 Å². The molecule has 0 aliphatic carbocycles. The largest absolute Gasteiger partial charge is 1.00 e. The Morgan fingerprint density at radius 3 is 2.31 bits per heavy atom. The monoisotopic (exact) mass is 232 g/mol. The Kier molecular flexibility index (Phi) is 8.85. The van der Waals surface area contributed by atoms with Crippen LogP contribution < -0.4 is 56.5 Å². The topological polar surface area (TPSA) is 94.5 Å². The number of carbonyl (C=O) groups excluding carboxylic acids is 1. The molecule has 0 aromatic rings. The van der Waals surface area contributed by atoms with E-state index < -0.39 is 21.3 Å². The molecular formula is C6H9KO5S. The van der Waals surface area contributed by atoms with Crippen LogP contribution in [-0.2, 0) is 14.9 Å². The van der Waals surface area contributed by atoms with E-state index in [9.17, 15) is 18.3 Å². The first-order valence-corrected chi connectivity index (χ1v) is 4.73. The molecule has 0 aliphatic heterocycles. The Hall–Kier alpha value is 0.756. The average Bonchev–Trinajstić information content (AvgIpc) is 1.85. The van der Waals surface area contributed by atoms with Crippen LogP contribution in [0.3, 0.4) is 0 Å². The summed E-state index contributed by atoms with van der Waals surface area (Å²) >= 11 is 0. The van der Waals surface area contributed by atoms with Crippen molar-refractivity contribution in [3.63, 3.8) is 0 Å². The maximum Gasteiger partial charge on any atom is 1.00 e. The Bertz CT molecular complexity index is 281. The second kappa shape index (κ2) is 7.10. The molecule has 1 atom stereocenters. The van der Waals surface area contributed by atoms with E-state index in [0.717, 1.165) is 6.08 Å². The summed E-state index contributed by atoms with van der Waals surface area (Å²) < 4.78 is 29.4. The second-order valence-corrected chi connectivity index (χ2v) is 3.78. The fourth-order valence-electron chi connectivity index (χ4n) is 0.632. The second-order valence-electron chi connectivity index (χ2n) is 2.14. The zero-order valence-electron chi connectivity index (χ0n) is 7.43. The number of carboxylic acid groups (broad SMARTS) is 1. The molecular weight excluding hydrogens is 223 g/mol. The van der Waals surface area contributed by atoms with Crippen molar-refractivity contribution >= 4 is 16.1 Å². The molecule has 0 rings (SSSR count). The van der Waals surface area contributed by atoms with Crippen molar-refractivity contribution in [2.75, 3.05) is 0 Å². The minimum Gasteiger partial charge on any atom is -0.545 e. The normalized spacial score (nSPS) is 13.7. The number of hydrogen-bond donors (Lipinski definition) is 1. The molecule has 0 amide bonds. The van der Waals surface area contributed by atoms with Gasteiger partial charge >= 0.3 is 51.4 Å². The molecule has 0 saturated heterocycles. The molecule has 7 heteroatoms. The van der Waals surface area contributed by atoms with Crippen molar-refractivity contribution in [2.24, 2.45) is 0 Å². The van der Waals surface area contributed by atoms with Crippen molar-refractivity contribution in [1.82, 2.24) is 0 Å². The van der Waals surface area contributed by atoms with Gasteiger partial charge in [0.05, 0.1) is 5.97 Å². The zero-order valence-corrected chi connectivity index (χ0v) is 11.4. The summed E-state index contributed by atoms with van der Waals surface area (Å²) in [5.41, 5.74) is 0. The summed E-state index contributed by atoms with van der Waals surface area (Å²) in [6.45, 7) is 1.51. The van der Waals surface area contributed by atoms with Crippen molar-refractivity contribution in [3.8, 4) is 0 Å². The van der Waals surface area contributed by atoms with Crippen LogP contribution in [0.4, 0.5) is 0 Å². The fraction of sp³-hybridized carbons (Fsp3) is 0.500. The molecule has 5 nitrogen and oxygen atoms in total. The minimum absolute atomic E-state index is 0. The smallest absolute Gasteiger partial charge is 0.545 e. The van der Waals surface area contributed by atoms with E-state index >= 15 is 0 Å². The summed E-state index contributed by atoms with van der Waals surface area (Å²) in [4.78, 5) is 9.87. The van der Waals surface area contributed by atoms with Gasteiger partial charge in [-0.1, -0.05) is 13.0 Å². The molecule has 0 heterocycles. The quantitative estimate of drug-likeness (QED) is 0.302. The van der Waals surface area contributed by atoms with Crippen molar-refractivity contribution in [3.05, 3.63) is 12.2 Å². The van der Waals surface area contributed by atoms with Gasteiger partial charge < -0.3 is 9.90 Å². The first-order valence-electron chi connectivity index (χ1n) is 3.23. The van der Waals surface area contributed by atoms with Gasteiger partial charge in [0.2, 0.25) is 0 Å². The fourth-order valence-corrected chi connectivity index (χ4v) is 1.33. The van der Waals surface area contributed by atoms with Gasteiger partial charge in [0.25, 0.3) is 10.1 Å². The zero-order chi connectivity index (χ0) is 9.78.